The topological polar surface area (TPSA) is 57.5 Å². The van der Waals surface area contributed by atoms with E-state index in [1.54, 1.807) is 42.5 Å². The van der Waals surface area contributed by atoms with Crippen molar-refractivity contribution in [3.8, 4) is 11.5 Å². The fraction of sp³-hybridized carbons (Fsp3) is 0. The number of aldehydes is 1. The molecule has 86 valence electrons. The van der Waals surface area contributed by atoms with Gasteiger partial charge in [0.15, 0.2) is 6.29 Å². The van der Waals surface area contributed by atoms with Crippen LogP contribution in [0.25, 0.3) is 0 Å². The second-order valence-corrected chi connectivity index (χ2v) is 4.52. The monoisotopic (exact) mass is 246 g/mol. The van der Waals surface area contributed by atoms with Crippen LogP contribution in [0.1, 0.15) is 10.4 Å². The summed E-state index contributed by atoms with van der Waals surface area (Å²) >= 11 is 1.33. The molecule has 0 fully saturated rings. The van der Waals surface area contributed by atoms with Gasteiger partial charge in [-0.05, 0) is 36.4 Å². The zero-order chi connectivity index (χ0) is 12.3. The summed E-state index contributed by atoms with van der Waals surface area (Å²) in [6.45, 7) is 0. The van der Waals surface area contributed by atoms with Gasteiger partial charge in [0, 0.05) is 4.90 Å². The molecule has 2 rings (SSSR count). The number of rotatable bonds is 3. The molecule has 3 nitrogen and oxygen atoms in total. The summed E-state index contributed by atoms with van der Waals surface area (Å²) < 4.78 is 0. The van der Waals surface area contributed by atoms with Crippen LogP contribution in [-0.4, -0.2) is 16.5 Å². The Morgan fingerprint density at radius 2 is 1.71 bits per heavy atom. The maximum absolute atomic E-state index is 10.7. The third-order valence-electron chi connectivity index (χ3n) is 2.22. The van der Waals surface area contributed by atoms with Crippen molar-refractivity contribution in [1.29, 1.82) is 0 Å². The second-order valence-electron chi connectivity index (χ2n) is 3.41. The highest BCUT2D eigenvalue weighted by Gasteiger charge is 2.07. The fourth-order valence-electron chi connectivity index (χ4n) is 1.36. The molecule has 0 bridgehead atoms. The summed E-state index contributed by atoms with van der Waals surface area (Å²) in [5.74, 6) is 0.181. The van der Waals surface area contributed by atoms with Crippen LogP contribution in [0.5, 0.6) is 11.5 Å². The van der Waals surface area contributed by atoms with Gasteiger partial charge >= 0.3 is 0 Å². The smallest absolute Gasteiger partial charge is 0.153 e. The molecule has 0 radical (unpaired) electrons. The van der Waals surface area contributed by atoms with Crippen molar-refractivity contribution in [3.05, 3.63) is 48.0 Å². The van der Waals surface area contributed by atoms with Gasteiger partial charge in [-0.3, -0.25) is 4.79 Å². The molecule has 4 heteroatoms. The van der Waals surface area contributed by atoms with Crippen LogP contribution in [0, 0.1) is 0 Å². The van der Waals surface area contributed by atoms with Gasteiger partial charge in [-0.2, -0.15) is 0 Å². The van der Waals surface area contributed by atoms with Crippen LogP contribution >= 0.6 is 11.8 Å². The van der Waals surface area contributed by atoms with Crippen molar-refractivity contribution >= 4 is 18.0 Å². The molecule has 0 heterocycles. The first-order chi connectivity index (χ1) is 8.20. The Hall–Kier alpha value is -1.94. The van der Waals surface area contributed by atoms with Crippen molar-refractivity contribution < 1.29 is 15.0 Å². The first-order valence-corrected chi connectivity index (χ1v) is 5.76. The number of carbonyl (C=O) groups is 1. The number of hydrogen-bond donors (Lipinski definition) is 2. The lowest BCUT2D eigenvalue weighted by atomic mass is 10.2. The predicted octanol–water partition coefficient (Wildman–Crippen LogP) is 3.06. The average Bonchev–Trinajstić information content (AvgIpc) is 2.35. The third-order valence-corrected chi connectivity index (χ3v) is 3.28. The van der Waals surface area contributed by atoms with E-state index in [2.05, 4.69) is 0 Å². The molecular formula is C13H10O3S. The molecule has 0 aliphatic carbocycles. The molecule has 2 N–H and O–H groups in total. The lowest BCUT2D eigenvalue weighted by Crippen LogP contribution is -1.83. The summed E-state index contributed by atoms with van der Waals surface area (Å²) in [4.78, 5) is 12.2. The van der Waals surface area contributed by atoms with Crippen LogP contribution in [-0.2, 0) is 0 Å². The zero-order valence-electron chi connectivity index (χ0n) is 8.83. The van der Waals surface area contributed by atoms with E-state index in [0.717, 1.165) is 4.90 Å². The molecule has 0 aliphatic heterocycles. The van der Waals surface area contributed by atoms with Crippen LogP contribution in [0.15, 0.2) is 52.3 Å². The molecule has 0 atom stereocenters. The average molecular weight is 246 g/mol. The Kier molecular flexibility index (Phi) is 3.35. The minimum absolute atomic E-state index is 0.0134. The van der Waals surface area contributed by atoms with Crippen LogP contribution < -0.4 is 0 Å². The largest absolute Gasteiger partial charge is 0.508 e. The first kappa shape index (κ1) is 11.5. The lowest BCUT2D eigenvalue weighted by Gasteiger charge is -2.05. The summed E-state index contributed by atoms with van der Waals surface area (Å²) in [6.07, 6.45) is 0.621. The first-order valence-electron chi connectivity index (χ1n) is 4.95. The highest BCUT2D eigenvalue weighted by molar-refractivity contribution is 7.99. The van der Waals surface area contributed by atoms with Gasteiger partial charge in [-0.1, -0.05) is 17.8 Å². The number of para-hydroxylation sites is 1. The molecule has 0 saturated heterocycles. The number of hydrogen-bond acceptors (Lipinski definition) is 4. The van der Waals surface area contributed by atoms with Gasteiger partial charge in [0.05, 0.1) is 10.5 Å². The Bertz CT molecular complexity index is 535. The molecule has 0 unspecified atom stereocenters. The molecule has 2 aromatic rings. The number of benzene rings is 2. The Morgan fingerprint density at radius 1 is 1.00 bits per heavy atom. The minimum atomic E-state index is -0.0134. The van der Waals surface area contributed by atoms with Crippen molar-refractivity contribution in [1.82, 2.24) is 0 Å². The summed E-state index contributed by atoms with van der Waals surface area (Å²) in [7, 11) is 0. The SMILES string of the molecule is O=Cc1cccc(Sc2ccc(O)cc2)c1O. The Balaban J connectivity index is 2.30. The van der Waals surface area contributed by atoms with Gasteiger partial charge in [0.2, 0.25) is 0 Å². The molecule has 0 amide bonds. The van der Waals surface area contributed by atoms with Gasteiger partial charge < -0.3 is 10.2 Å². The molecule has 17 heavy (non-hydrogen) atoms. The molecule has 0 aromatic heterocycles. The fourth-order valence-corrected chi connectivity index (χ4v) is 2.25. The van der Waals surface area contributed by atoms with E-state index in [1.165, 1.54) is 11.8 Å². The minimum Gasteiger partial charge on any atom is -0.508 e. The van der Waals surface area contributed by atoms with Crippen molar-refractivity contribution in [2.75, 3.05) is 0 Å². The van der Waals surface area contributed by atoms with Crippen molar-refractivity contribution in [2.45, 2.75) is 9.79 Å². The summed E-state index contributed by atoms with van der Waals surface area (Å²) in [6, 6.07) is 11.6. The molecule has 0 spiro atoms. The Labute approximate surface area is 103 Å². The summed E-state index contributed by atoms with van der Waals surface area (Å²) in [5, 5.41) is 19.0. The third kappa shape index (κ3) is 2.60. The highest BCUT2D eigenvalue weighted by atomic mass is 32.2. The zero-order valence-corrected chi connectivity index (χ0v) is 9.65. The number of phenolic OH excluding ortho intramolecular Hbond substituents is 2. The molecule has 0 aliphatic rings. The normalized spacial score (nSPS) is 10.1. The van der Waals surface area contributed by atoms with Gasteiger partial charge in [-0.15, -0.1) is 0 Å². The number of carbonyl (C=O) groups excluding carboxylic acids is 1. The number of phenols is 2. The second kappa shape index (κ2) is 4.93. The Morgan fingerprint density at radius 3 is 2.35 bits per heavy atom. The quantitative estimate of drug-likeness (QED) is 0.817. The van der Waals surface area contributed by atoms with Crippen LogP contribution in [0.2, 0.25) is 0 Å². The van der Waals surface area contributed by atoms with Gasteiger partial charge in [-0.25, -0.2) is 0 Å². The van der Waals surface area contributed by atoms with Crippen LogP contribution in [0.3, 0.4) is 0 Å². The van der Waals surface area contributed by atoms with E-state index in [1.807, 2.05) is 0 Å². The number of aromatic hydroxyl groups is 2. The maximum Gasteiger partial charge on any atom is 0.153 e. The maximum atomic E-state index is 10.7. The van der Waals surface area contributed by atoms with Crippen molar-refractivity contribution in [2.24, 2.45) is 0 Å². The van der Waals surface area contributed by atoms with E-state index in [0.29, 0.717) is 11.2 Å². The van der Waals surface area contributed by atoms with E-state index in [9.17, 15) is 9.90 Å². The molecule has 0 saturated carbocycles. The van der Waals surface area contributed by atoms with E-state index in [4.69, 9.17) is 5.11 Å². The summed E-state index contributed by atoms with van der Waals surface area (Å²) in [5.41, 5.74) is 0.272. The molecular weight excluding hydrogens is 236 g/mol. The van der Waals surface area contributed by atoms with Crippen molar-refractivity contribution in [3.63, 3.8) is 0 Å². The van der Waals surface area contributed by atoms with E-state index in [-0.39, 0.29) is 17.1 Å². The van der Waals surface area contributed by atoms with Crippen LogP contribution in [0.4, 0.5) is 0 Å². The highest BCUT2D eigenvalue weighted by Crippen LogP contribution is 2.36. The van der Waals surface area contributed by atoms with Gasteiger partial charge in [0.1, 0.15) is 11.5 Å². The lowest BCUT2D eigenvalue weighted by molar-refractivity contribution is 0.112. The van der Waals surface area contributed by atoms with E-state index < -0.39 is 0 Å². The van der Waals surface area contributed by atoms with E-state index >= 15 is 0 Å². The predicted molar refractivity (Wildman–Crippen MR) is 65.7 cm³/mol. The molecule has 2 aromatic carbocycles. The standard InChI is InChI=1S/C13H10O3S/c14-8-9-2-1-3-12(13(9)16)17-11-6-4-10(15)5-7-11/h1-8,15-16H. The van der Waals surface area contributed by atoms with Gasteiger partial charge in [0.25, 0.3) is 0 Å².